The molecule has 1 fully saturated rings. The van der Waals surface area contributed by atoms with Crippen molar-refractivity contribution in [1.82, 2.24) is 5.32 Å². The number of ether oxygens (including phenoxy) is 1. The summed E-state index contributed by atoms with van der Waals surface area (Å²) in [5.41, 5.74) is 0. The summed E-state index contributed by atoms with van der Waals surface area (Å²) in [4.78, 5) is 0. The fraction of sp³-hybridized carbons (Fsp3) is 0.889. The second kappa shape index (κ2) is 5.12. The van der Waals surface area contributed by atoms with Crippen LogP contribution in [-0.4, -0.2) is 37.7 Å². The van der Waals surface area contributed by atoms with E-state index in [4.69, 9.17) is 17.0 Å². The van der Waals surface area contributed by atoms with Gasteiger partial charge in [0.15, 0.2) is 9.84 Å². The molecule has 1 rings (SSSR count). The SMILES string of the molecule is CC(C)COC(=S)N[C@H]1CCS(=O)(=O)C1. The van der Waals surface area contributed by atoms with Crippen molar-refractivity contribution in [3.05, 3.63) is 0 Å². The molecule has 0 saturated carbocycles. The molecule has 0 radical (unpaired) electrons. The lowest BCUT2D eigenvalue weighted by Gasteiger charge is -2.14. The fourth-order valence-electron chi connectivity index (χ4n) is 1.36. The smallest absolute Gasteiger partial charge is 0.256 e. The average Bonchev–Trinajstić information content (AvgIpc) is 2.42. The van der Waals surface area contributed by atoms with Crippen LogP contribution in [0.15, 0.2) is 0 Å². The Labute approximate surface area is 96.3 Å². The summed E-state index contributed by atoms with van der Waals surface area (Å²) in [5.74, 6) is 0.826. The van der Waals surface area contributed by atoms with Crippen LogP contribution in [0.5, 0.6) is 0 Å². The first kappa shape index (κ1) is 12.7. The highest BCUT2D eigenvalue weighted by atomic mass is 32.2. The van der Waals surface area contributed by atoms with E-state index in [2.05, 4.69) is 5.32 Å². The van der Waals surface area contributed by atoms with Gasteiger partial charge in [-0.1, -0.05) is 13.8 Å². The van der Waals surface area contributed by atoms with Gasteiger partial charge >= 0.3 is 0 Å². The minimum absolute atomic E-state index is 0.0744. The van der Waals surface area contributed by atoms with Gasteiger partial charge in [-0.25, -0.2) is 8.42 Å². The Morgan fingerprint density at radius 1 is 1.60 bits per heavy atom. The van der Waals surface area contributed by atoms with Gasteiger partial charge in [-0.05, 0) is 24.6 Å². The molecular weight excluding hydrogens is 234 g/mol. The molecule has 1 aliphatic rings. The van der Waals surface area contributed by atoms with Gasteiger partial charge in [-0.3, -0.25) is 0 Å². The van der Waals surface area contributed by atoms with Crippen molar-refractivity contribution >= 4 is 27.2 Å². The highest BCUT2D eigenvalue weighted by Gasteiger charge is 2.28. The van der Waals surface area contributed by atoms with Crippen molar-refractivity contribution in [2.24, 2.45) is 5.92 Å². The van der Waals surface area contributed by atoms with Gasteiger partial charge < -0.3 is 10.1 Å². The fourth-order valence-corrected chi connectivity index (χ4v) is 3.27. The van der Waals surface area contributed by atoms with Crippen molar-refractivity contribution < 1.29 is 13.2 Å². The summed E-state index contributed by atoms with van der Waals surface area (Å²) in [6.45, 7) is 4.62. The third-order valence-corrected chi connectivity index (χ3v) is 4.11. The molecule has 0 aromatic rings. The highest BCUT2D eigenvalue weighted by molar-refractivity contribution is 7.91. The van der Waals surface area contributed by atoms with Gasteiger partial charge in [0.05, 0.1) is 18.1 Å². The van der Waals surface area contributed by atoms with Crippen LogP contribution in [0.25, 0.3) is 0 Å². The largest absolute Gasteiger partial charge is 0.471 e. The summed E-state index contributed by atoms with van der Waals surface area (Å²) in [6.07, 6.45) is 0.619. The molecule has 1 atom stereocenters. The summed E-state index contributed by atoms with van der Waals surface area (Å²) in [5, 5.41) is 3.23. The van der Waals surface area contributed by atoms with Crippen molar-refractivity contribution in [3.63, 3.8) is 0 Å². The Morgan fingerprint density at radius 2 is 2.27 bits per heavy atom. The van der Waals surface area contributed by atoms with Crippen molar-refractivity contribution in [2.75, 3.05) is 18.1 Å². The summed E-state index contributed by atoms with van der Waals surface area (Å²) in [7, 11) is -2.85. The minimum Gasteiger partial charge on any atom is -0.471 e. The van der Waals surface area contributed by atoms with E-state index >= 15 is 0 Å². The first-order valence-electron chi connectivity index (χ1n) is 5.03. The predicted molar refractivity (Wildman–Crippen MR) is 63.6 cm³/mol. The van der Waals surface area contributed by atoms with Gasteiger partial charge in [0.25, 0.3) is 5.17 Å². The van der Waals surface area contributed by atoms with Gasteiger partial charge in [0.1, 0.15) is 0 Å². The molecular formula is C9H17NO3S2. The number of thiocarbonyl (C=S) groups is 1. The van der Waals surface area contributed by atoms with Crippen LogP contribution in [0.2, 0.25) is 0 Å². The molecule has 0 bridgehead atoms. The molecule has 6 heteroatoms. The predicted octanol–water partition coefficient (Wildman–Crippen LogP) is 0.721. The lowest BCUT2D eigenvalue weighted by atomic mass is 10.2. The van der Waals surface area contributed by atoms with E-state index in [0.29, 0.717) is 24.1 Å². The third-order valence-electron chi connectivity index (χ3n) is 2.10. The maximum atomic E-state index is 11.2. The molecule has 0 spiro atoms. The van der Waals surface area contributed by atoms with Crippen LogP contribution in [0, 0.1) is 5.92 Å². The second-order valence-corrected chi connectivity index (χ2v) is 6.84. The molecule has 1 heterocycles. The molecule has 0 unspecified atom stereocenters. The van der Waals surface area contributed by atoms with E-state index in [1.54, 1.807) is 0 Å². The van der Waals surface area contributed by atoms with Crippen molar-refractivity contribution in [2.45, 2.75) is 26.3 Å². The molecule has 0 aromatic carbocycles. The number of sulfone groups is 1. The van der Waals surface area contributed by atoms with E-state index in [-0.39, 0.29) is 17.5 Å². The molecule has 1 N–H and O–H groups in total. The molecule has 1 aliphatic heterocycles. The molecule has 0 amide bonds. The van der Waals surface area contributed by atoms with Crippen LogP contribution in [0.4, 0.5) is 0 Å². The molecule has 4 nitrogen and oxygen atoms in total. The normalized spacial score (nSPS) is 24.1. The van der Waals surface area contributed by atoms with Gasteiger partial charge in [0.2, 0.25) is 0 Å². The van der Waals surface area contributed by atoms with Crippen LogP contribution >= 0.6 is 12.2 Å². The van der Waals surface area contributed by atoms with E-state index in [1.807, 2.05) is 13.8 Å². The van der Waals surface area contributed by atoms with Crippen molar-refractivity contribution in [3.8, 4) is 0 Å². The average molecular weight is 251 g/mol. The standard InChI is InChI=1S/C9H17NO3S2/c1-7(2)5-13-9(14)10-8-3-4-15(11,12)6-8/h7-8H,3-6H2,1-2H3,(H,10,14)/t8-/m0/s1. The number of nitrogens with one attached hydrogen (secondary N) is 1. The molecule has 15 heavy (non-hydrogen) atoms. The number of hydrogen-bond donors (Lipinski definition) is 1. The Kier molecular flexibility index (Phi) is 4.33. The molecule has 88 valence electrons. The maximum Gasteiger partial charge on any atom is 0.256 e. The lowest BCUT2D eigenvalue weighted by Crippen LogP contribution is -2.36. The van der Waals surface area contributed by atoms with E-state index in [0.717, 1.165) is 0 Å². The van der Waals surface area contributed by atoms with Crippen molar-refractivity contribution in [1.29, 1.82) is 0 Å². The molecule has 0 aliphatic carbocycles. The molecule has 0 aromatic heterocycles. The highest BCUT2D eigenvalue weighted by Crippen LogP contribution is 2.11. The zero-order chi connectivity index (χ0) is 11.5. The Hall–Kier alpha value is -0.360. The zero-order valence-corrected chi connectivity index (χ0v) is 10.7. The zero-order valence-electron chi connectivity index (χ0n) is 9.02. The maximum absolute atomic E-state index is 11.2. The minimum atomic E-state index is -2.85. The van der Waals surface area contributed by atoms with Gasteiger partial charge in [0, 0.05) is 6.04 Å². The number of rotatable bonds is 3. The summed E-state index contributed by atoms with van der Waals surface area (Å²) < 4.78 is 27.6. The van der Waals surface area contributed by atoms with Gasteiger partial charge in [-0.2, -0.15) is 0 Å². The Bertz CT molecular complexity index is 324. The molecule has 1 saturated heterocycles. The summed E-state index contributed by atoms with van der Waals surface area (Å²) >= 11 is 4.96. The van der Waals surface area contributed by atoms with E-state index in [1.165, 1.54) is 0 Å². The Morgan fingerprint density at radius 3 is 2.73 bits per heavy atom. The Balaban J connectivity index is 2.28. The summed E-state index contributed by atoms with van der Waals surface area (Å²) in [6, 6.07) is -0.0744. The third kappa shape index (κ3) is 4.79. The topological polar surface area (TPSA) is 55.4 Å². The first-order valence-corrected chi connectivity index (χ1v) is 7.26. The van der Waals surface area contributed by atoms with E-state index < -0.39 is 9.84 Å². The lowest BCUT2D eigenvalue weighted by molar-refractivity contribution is 0.251. The van der Waals surface area contributed by atoms with Crippen LogP contribution in [0.3, 0.4) is 0 Å². The van der Waals surface area contributed by atoms with E-state index in [9.17, 15) is 8.42 Å². The van der Waals surface area contributed by atoms with Crippen LogP contribution < -0.4 is 5.32 Å². The van der Waals surface area contributed by atoms with Gasteiger partial charge in [-0.15, -0.1) is 0 Å². The van der Waals surface area contributed by atoms with Crippen LogP contribution in [0.1, 0.15) is 20.3 Å². The monoisotopic (exact) mass is 251 g/mol. The number of hydrogen-bond acceptors (Lipinski definition) is 4. The first-order chi connectivity index (χ1) is 6.89. The second-order valence-electron chi connectivity index (χ2n) is 4.24. The quantitative estimate of drug-likeness (QED) is 0.749. The van der Waals surface area contributed by atoms with Crippen LogP contribution in [-0.2, 0) is 14.6 Å².